The summed E-state index contributed by atoms with van der Waals surface area (Å²) in [4.78, 5) is 23.0. The maximum absolute atomic E-state index is 13.0. The van der Waals surface area contributed by atoms with Crippen molar-refractivity contribution in [3.63, 3.8) is 0 Å². The molecule has 1 aliphatic rings. The molecule has 1 amide bonds. The Morgan fingerprint density at radius 3 is 2.78 bits per heavy atom. The van der Waals surface area contributed by atoms with Crippen LogP contribution in [0.4, 0.5) is 0 Å². The summed E-state index contributed by atoms with van der Waals surface area (Å²) in [5.74, 6) is 0.491. The van der Waals surface area contributed by atoms with Gasteiger partial charge in [-0.1, -0.05) is 18.2 Å². The zero-order valence-electron chi connectivity index (χ0n) is 13.3. The fourth-order valence-electron chi connectivity index (χ4n) is 2.92. The number of amides is 1. The number of hydrogen-bond acceptors (Lipinski definition) is 4. The summed E-state index contributed by atoms with van der Waals surface area (Å²) in [7, 11) is 0. The van der Waals surface area contributed by atoms with Crippen molar-refractivity contribution >= 4 is 5.91 Å². The van der Waals surface area contributed by atoms with E-state index in [1.807, 2.05) is 36.1 Å². The highest BCUT2D eigenvalue weighted by Crippen LogP contribution is 2.24. The second kappa shape index (κ2) is 7.33. The third-order valence-electron chi connectivity index (χ3n) is 4.20. The van der Waals surface area contributed by atoms with Gasteiger partial charge in [-0.2, -0.15) is 0 Å². The third-order valence-corrected chi connectivity index (χ3v) is 4.20. The van der Waals surface area contributed by atoms with Crippen molar-refractivity contribution in [2.45, 2.75) is 13.3 Å². The molecule has 1 aliphatic heterocycles. The molecule has 1 unspecified atom stereocenters. The lowest BCUT2D eigenvalue weighted by Crippen LogP contribution is -2.35. The zero-order chi connectivity index (χ0) is 16.1. The van der Waals surface area contributed by atoms with E-state index in [1.165, 1.54) is 6.33 Å². The molecule has 0 N–H and O–H groups in total. The van der Waals surface area contributed by atoms with Gasteiger partial charge in [-0.3, -0.25) is 4.79 Å². The largest absolute Gasteiger partial charge is 0.381 e. The summed E-state index contributed by atoms with van der Waals surface area (Å²) < 4.78 is 5.43. The predicted molar refractivity (Wildman–Crippen MR) is 88.0 cm³/mol. The van der Waals surface area contributed by atoms with Crippen molar-refractivity contribution in [3.8, 4) is 11.1 Å². The topological polar surface area (TPSA) is 55.3 Å². The maximum atomic E-state index is 13.0. The highest BCUT2D eigenvalue weighted by molar-refractivity contribution is 6.00. The minimum Gasteiger partial charge on any atom is -0.381 e. The first-order valence-electron chi connectivity index (χ1n) is 8.01. The van der Waals surface area contributed by atoms with Crippen LogP contribution in [0.5, 0.6) is 0 Å². The molecule has 1 saturated heterocycles. The van der Waals surface area contributed by atoms with Crippen molar-refractivity contribution in [3.05, 3.63) is 48.5 Å². The Morgan fingerprint density at radius 1 is 1.30 bits per heavy atom. The quantitative estimate of drug-likeness (QED) is 0.852. The van der Waals surface area contributed by atoms with Gasteiger partial charge in [0.05, 0.1) is 6.61 Å². The number of aromatic nitrogens is 2. The number of carbonyl (C=O) groups excluding carboxylic acids is 1. The summed E-state index contributed by atoms with van der Waals surface area (Å²) in [5, 5.41) is 0. The van der Waals surface area contributed by atoms with Crippen LogP contribution in [0, 0.1) is 5.92 Å². The first-order valence-corrected chi connectivity index (χ1v) is 8.01. The van der Waals surface area contributed by atoms with Crippen molar-refractivity contribution in [2.24, 2.45) is 5.92 Å². The second-order valence-electron chi connectivity index (χ2n) is 5.75. The summed E-state index contributed by atoms with van der Waals surface area (Å²) in [6, 6.07) is 7.64. The number of nitrogens with zero attached hydrogens (tertiary/aromatic N) is 3. The molecule has 1 fully saturated rings. The molecule has 2 heterocycles. The number of rotatable bonds is 5. The van der Waals surface area contributed by atoms with Crippen LogP contribution in [-0.4, -0.2) is 47.1 Å². The van der Waals surface area contributed by atoms with E-state index in [0.29, 0.717) is 18.0 Å². The molecule has 0 radical (unpaired) electrons. The van der Waals surface area contributed by atoms with Crippen LogP contribution in [0.2, 0.25) is 0 Å². The molecular weight excluding hydrogens is 290 g/mol. The lowest BCUT2D eigenvalue weighted by atomic mass is 10.0. The van der Waals surface area contributed by atoms with Crippen LogP contribution >= 0.6 is 0 Å². The molecule has 5 heteroatoms. The fourth-order valence-corrected chi connectivity index (χ4v) is 2.92. The van der Waals surface area contributed by atoms with Crippen LogP contribution < -0.4 is 0 Å². The summed E-state index contributed by atoms with van der Waals surface area (Å²) in [6.45, 7) is 5.00. The minimum atomic E-state index is 0.0545. The molecule has 120 valence electrons. The number of hydrogen-bond donors (Lipinski definition) is 0. The Balaban J connectivity index is 1.86. The van der Waals surface area contributed by atoms with Crippen LogP contribution in [0.15, 0.2) is 43.0 Å². The number of ether oxygens (including phenoxy) is 1. The Labute approximate surface area is 136 Å². The van der Waals surface area contributed by atoms with E-state index < -0.39 is 0 Å². The lowest BCUT2D eigenvalue weighted by molar-refractivity contribution is 0.0731. The van der Waals surface area contributed by atoms with Crippen LogP contribution in [-0.2, 0) is 4.74 Å². The van der Waals surface area contributed by atoms with Gasteiger partial charge in [0.25, 0.3) is 5.91 Å². The molecular formula is C18H21N3O2. The molecule has 1 aromatic heterocycles. The monoisotopic (exact) mass is 311 g/mol. The van der Waals surface area contributed by atoms with E-state index >= 15 is 0 Å². The van der Waals surface area contributed by atoms with Gasteiger partial charge in [-0.15, -0.1) is 0 Å². The zero-order valence-corrected chi connectivity index (χ0v) is 13.3. The van der Waals surface area contributed by atoms with Gasteiger partial charge in [-0.25, -0.2) is 9.97 Å². The fraction of sp³-hybridized carbons (Fsp3) is 0.389. The molecule has 1 aromatic carbocycles. The molecule has 0 saturated carbocycles. The van der Waals surface area contributed by atoms with Crippen molar-refractivity contribution < 1.29 is 9.53 Å². The Bertz CT molecular complexity index is 654. The second-order valence-corrected chi connectivity index (χ2v) is 5.75. The van der Waals surface area contributed by atoms with E-state index in [0.717, 1.165) is 37.3 Å². The summed E-state index contributed by atoms with van der Waals surface area (Å²) in [6.07, 6.45) is 5.99. The highest BCUT2D eigenvalue weighted by Gasteiger charge is 2.23. The van der Waals surface area contributed by atoms with Gasteiger partial charge < -0.3 is 9.64 Å². The van der Waals surface area contributed by atoms with Gasteiger partial charge in [0.15, 0.2) is 0 Å². The molecule has 5 nitrogen and oxygen atoms in total. The Hall–Kier alpha value is -2.27. The van der Waals surface area contributed by atoms with Gasteiger partial charge in [-0.05, 0) is 25.0 Å². The standard InChI is InChI=1S/C18H21N3O2/c1-2-21(11-14-7-8-23-12-14)18(22)17-6-4-3-5-16(17)15-9-19-13-20-10-15/h3-6,9-10,13-14H,2,7-8,11-12H2,1H3. The van der Waals surface area contributed by atoms with Gasteiger partial charge in [0.1, 0.15) is 6.33 Å². The molecule has 0 bridgehead atoms. The average molecular weight is 311 g/mol. The number of carbonyl (C=O) groups is 1. The molecule has 0 spiro atoms. The predicted octanol–water partition coefficient (Wildman–Crippen LogP) is 2.64. The molecule has 3 rings (SSSR count). The van der Waals surface area contributed by atoms with Gasteiger partial charge >= 0.3 is 0 Å². The molecule has 2 aromatic rings. The van der Waals surface area contributed by atoms with E-state index in [1.54, 1.807) is 12.4 Å². The van der Waals surface area contributed by atoms with E-state index in [2.05, 4.69) is 9.97 Å². The third kappa shape index (κ3) is 3.56. The van der Waals surface area contributed by atoms with Gasteiger partial charge in [0, 0.05) is 49.1 Å². The molecule has 1 atom stereocenters. The van der Waals surface area contributed by atoms with E-state index in [-0.39, 0.29) is 5.91 Å². The Morgan fingerprint density at radius 2 is 2.09 bits per heavy atom. The first-order chi connectivity index (χ1) is 11.3. The number of benzene rings is 1. The molecule has 0 aliphatic carbocycles. The van der Waals surface area contributed by atoms with Crippen LogP contribution in [0.1, 0.15) is 23.7 Å². The van der Waals surface area contributed by atoms with Gasteiger partial charge in [0.2, 0.25) is 0 Å². The molecule has 23 heavy (non-hydrogen) atoms. The minimum absolute atomic E-state index is 0.0545. The summed E-state index contributed by atoms with van der Waals surface area (Å²) >= 11 is 0. The summed E-state index contributed by atoms with van der Waals surface area (Å²) in [5.41, 5.74) is 2.43. The van der Waals surface area contributed by atoms with Crippen molar-refractivity contribution in [1.29, 1.82) is 0 Å². The first kappa shape index (κ1) is 15.6. The average Bonchev–Trinajstić information content (AvgIpc) is 3.13. The SMILES string of the molecule is CCN(CC1CCOC1)C(=O)c1ccccc1-c1cncnc1. The lowest BCUT2D eigenvalue weighted by Gasteiger charge is -2.24. The van der Waals surface area contributed by atoms with Crippen molar-refractivity contribution in [1.82, 2.24) is 14.9 Å². The Kier molecular flexibility index (Phi) is 4.98. The van der Waals surface area contributed by atoms with Crippen LogP contribution in [0.25, 0.3) is 11.1 Å². The van der Waals surface area contributed by atoms with E-state index in [4.69, 9.17) is 4.74 Å². The normalized spacial score (nSPS) is 17.2. The van der Waals surface area contributed by atoms with E-state index in [9.17, 15) is 4.79 Å². The van der Waals surface area contributed by atoms with Crippen molar-refractivity contribution in [2.75, 3.05) is 26.3 Å². The maximum Gasteiger partial charge on any atom is 0.254 e. The smallest absolute Gasteiger partial charge is 0.254 e. The van der Waals surface area contributed by atoms with Crippen LogP contribution in [0.3, 0.4) is 0 Å². The highest BCUT2D eigenvalue weighted by atomic mass is 16.5.